The van der Waals surface area contributed by atoms with Crippen LogP contribution in [0.2, 0.25) is 5.02 Å². The minimum absolute atomic E-state index is 0.0897. The van der Waals surface area contributed by atoms with Crippen LogP contribution in [0.25, 0.3) is 0 Å². The molecule has 1 saturated heterocycles. The largest absolute Gasteiger partial charge is 0.349 e. The fraction of sp³-hybridized carbons (Fsp3) is 0.391. The molecule has 148 valence electrons. The number of hydrogen-bond acceptors (Lipinski definition) is 2. The highest BCUT2D eigenvalue weighted by atomic mass is 35.5. The summed E-state index contributed by atoms with van der Waals surface area (Å²) in [6.07, 6.45) is 3.38. The SMILES string of the molecule is CC(=O)N[C@H](CC(=O)N1CCC(Cc2ccccc2)CC1)c1ccc(Cl)cc1. The highest BCUT2D eigenvalue weighted by Gasteiger charge is 2.26. The first-order valence-corrected chi connectivity index (χ1v) is 10.2. The fourth-order valence-corrected chi connectivity index (χ4v) is 3.96. The average molecular weight is 399 g/mol. The van der Waals surface area contributed by atoms with Crippen LogP contribution in [-0.2, 0) is 16.0 Å². The summed E-state index contributed by atoms with van der Waals surface area (Å²) in [6.45, 7) is 3.04. The number of carbonyl (C=O) groups is 2. The van der Waals surface area contributed by atoms with Crippen molar-refractivity contribution in [3.05, 3.63) is 70.7 Å². The molecule has 2 aromatic carbocycles. The van der Waals surface area contributed by atoms with Gasteiger partial charge in [0, 0.05) is 25.0 Å². The van der Waals surface area contributed by atoms with Crippen LogP contribution in [0.5, 0.6) is 0 Å². The second-order valence-electron chi connectivity index (χ2n) is 7.52. The normalized spacial score (nSPS) is 15.9. The second-order valence-corrected chi connectivity index (χ2v) is 7.96. The molecule has 1 aliphatic heterocycles. The van der Waals surface area contributed by atoms with Gasteiger partial charge in [0.05, 0.1) is 12.5 Å². The van der Waals surface area contributed by atoms with E-state index in [-0.39, 0.29) is 24.3 Å². The Balaban J connectivity index is 1.55. The van der Waals surface area contributed by atoms with Gasteiger partial charge in [0.2, 0.25) is 11.8 Å². The molecule has 0 spiro atoms. The third kappa shape index (κ3) is 5.83. The standard InChI is InChI=1S/C23H27ClN2O2/c1-17(27)25-22(20-7-9-21(24)10-8-20)16-23(28)26-13-11-19(12-14-26)15-18-5-3-2-4-6-18/h2-10,19,22H,11-16H2,1H3,(H,25,27)/t22-/m1/s1. The molecule has 1 fully saturated rings. The lowest BCUT2D eigenvalue weighted by Crippen LogP contribution is -2.41. The fourth-order valence-electron chi connectivity index (χ4n) is 3.83. The summed E-state index contributed by atoms with van der Waals surface area (Å²) in [5.74, 6) is 0.565. The van der Waals surface area contributed by atoms with Crippen molar-refractivity contribution in [3.63, 3.8) is 0 Å². The minimum atomic E-state index is -0.329. The third-order valence-electron chi connectivity index (χ3n) is 5.36. The summed E-state index contributed by atoms with van der Waals surface area (Å²) in [5.41, 5.74) is 2.26. The monoisotopic (exact) mass is 398 g/mol. The van der Waals surface area contributed by atoms with Gasteiger partial charge in [-0.15, -0.1) is 0 Å². The molecule has 1 heterocycles. The third-order valence-corrected chi connectivity index (χ3v) is 5.62. The maximum atomic E-state index is 12.8. The lowest BCUT2D eigenvalue weighted by molar-refractivity contribution is -0.133. The van der Waals surface area contributed by atoms with E-state index in [4.69, 9.17) is 11.6 Å². The molecule has 4 nitrogen and oxygen atoms in total. The van der Waals surface area contributed by atoms with Crippen LogP contribution in [-0.4, -0.2) is 29.8 Å². The van der Waals surface area contributed by atoms with E-state index < -0.39 is 0 Å². The number of nitrogens with one attached hydrogen (secondary N) is 1. The van der Waals surface area contributed by atoms with Crippen molar-refractivity contribution in [2.24, 2.45) is 5.92 Å². The minimum Gasteiger partial charge on any atom is -0.349 e. The molecule has 28 heavy (non-hydrogen) atoms. The van der Waals surface area contributed by atoms with E-state index in [0.717, 1.165) is 37.9 Å². The first-order valence-electron chi connectivity index (χ1n) is 9.85. The Kier molecular flexibility index (Phi) is 7.10. The topological polar surface area (TPSA) is 49.4 Å². The molecular formula is C23H27ClN2O2. The number of hydrogen-bond donors (Lipinski definition) is 1. The van der Waals surface area contributed by atoms with Crippen LogP contribution in [0.1, 0.15) is 43.4 Å². The van der Waals surface area contributed by atoms with Crippen molar-refractivity contribution < 1.29 is 9.59 Å². The van der Waals surface area contributed by atoms with E-state index in [9.17, 15) is 9.59 Å². The first kappa shape index (κ1) is 20.4. The summed E-state index contributed by atoms with van der Waals surface area (Å²) in [4.78, 5) is 26.4. The predicted octanol–water partition coefficient (Wildman–Crippen LogP) is 4.39. The molecule has 1 atom stereocenters. The highest BCUT2D eigenvalue weighted by molar-refractivity contribution is 6.30. The van der Waals surface area contributed by atoms with Crippen LogP contribution in [0, 0.1) is 5.92 Å². The van der Waals surface area contributed by atoms with Crippen molar-refractivity contribution in [3.8, 4) is 0 Å². The maximum Gasteiger partial charge on any atom is 0.224 e. The van der Waals surface area contributed by atoms with Gasteiger partial charge in [-0.1, -0.05) is 54.1 Å². The zero-order valence-corrected chi connectivity index (χ0v) is 17.0. The molecular weight excluding hydrogens is 372 g/mol. The number of piperidine rings is 1. The number of amides is 2. The van der Waals surface area contributed by atoms with Gasteiger partial charge in [0.25, 0.3) is 0 Å². The maximum absolute atomic E-state index is 12.8. The summed E-state index contributed by atoms with van der Waals surface area (Å²) < 4.78 is 0. The number of rotatable bonds is 6. The Hall–Kier alpha value is -2.33. The summed E-state index contributed by atoms with van der Waals surface area (Å²) >= 11 is 5.96. The summed E-state index contributed by atoms with van der Waals surface area (Å²) in [7, 11) is 0. The second kappa shape index (κ2) is 9.74. The quantitative estimate of drug-likeness (QED) is 0.784. The average Bonchev–Trinajstić information content (AvgIpc) is 2.69. The Morgan fingerprint density at radius 1 is 1.07 bits per heavy atom. The van der Waals surface area contributed by atoms with Gasteiger partial charge in [0.1, 0.15) is 0 Å². The van der Waals surface area contributed by atoms with Gasteiger partial charge in [-0.25, -0.2) is 0 Å². The smallest absolute Gasteiger partial charge is 0.224 e. The van der Waals surface area contributed by atoms with E-state index >= 15 is 0 Å². The van der Waals surface area contributed by atoms with E-state index in [1.807, 2.05) is 23.1 Å². The molecule has 0 unspecified atom stereocenters. The molecule has 1 N–H and O–H groups in total. The van der Waals surface area contributed by atoms with Crippen molar-refractivity contribution in [2.45, 2.75) is 38.6 Å². The highest BCUT2D eigenvalue weighted by Crippen LogP contribution is 2.25. The number of nitrogens with zero attached hydrogens (tertiary/aromatic N) is 1. The molecule has 2 aromatic rings. The number of carbonyl (C=O) groups excluding carboxylic acids is 2. The van der Waals surface area contributed by atoms with Gasteiger partial charge >= 0.3 is 0 Å². The van der Waals surface area contributed by atoms with E-state index in [1.54, 1.807) is 12.1 Å². The van der Waals surface area contributed by atoms with Crippen molar-refractivity contribution in [2.75, 3.05) is 13.1 Å². The van der Waals surface area contributed by atoms with E-state index in [2.05, 4.69) is 29.6 Å². The lowest BCUT2D eigenvalue weighted by atomic mass is 9.90. The van der Waals surface area contributed by atoms with Gasteiger partial charge in [-0.3, -0.25) is 9.59 Å². The Bertz CT molecular complexity index is 784. The van der Waals surface area contributed by atoms with Crippen molar-refractivity contribution in [1.29, 1.82) is 0 Å². The van der Waals surface area contributed by atoms with Crippen LogP contribution in [0.4, 0.5) is 0 Å². The molecule has 0 aromatic heterocycles. The zero-order chi connectivity index (χ0) is 19.9. The van der Waals surface area contributed by atoms with Crippen LogP contribution >= 0.6 is 11.6 Å². The molecule has 3 rings (SSSR count). The molecule has 0 bridgehead atoms. The van der Waals surface area contributed by atoms with E-state index in [0.29, 0.717) is 10.9 Å². The Morgan fingerprint density at radius 2 is 1.71 bits per heavy atom. The summed E-state index contributed by atoms with van der Waals surface area (Å²) in [6, 6.07) is 17.5. The van der Waals surface area contributed by atoms with Gasteiger partial charge in [-0.05, 0) is 48.4 Å². The molecule has 2 amide bonds. The number of halogens is 1. The molecule has 1 aliphatic rings. The number of likely N-dealkylation sites (tertiary alicyclic amines) is 1. The first-order chi connectivity index (χ1) is 13.5. The van der Waals surface area contributed by atoms with Gasteiger partial charge in [-0.2, -0.15) is 0 Å². The van der Waals surface area contributed by atoms with E-state index in [1.165, 1.54) is 12.5 Å². The van der Waals surface area contributed by atoms with Crippen molar-refractivity contribution in [1.82, 2.24) is 10.2 Å². The molecule has 5 heteroatoms. The van der Waals surface area contributed by atoms with Crippen LogP contribution in [0.15, 0.2) is 54.6 Å². The zero-order valence-electron chi connectivity index (χ0n) is 16.2. The van der Waals surface area contributed by atoms with Crippen LogP contribution in [0.3, 0.4) is 0 Å². The lowest BCUT2D eigenvalue weighted by Gasteiger charge is -2.33. The molecule has 0 saturated carbocycles. The van der Waals surface area contributed by atoms with Gasteiger partial charge in [0.15, 0.2) is 0 Å². The predicted molar refractivity (Wildman–Crippen MR) is 112 cm³/mol. The molecule has 0 aliphatic carbocycles. The Morgan fingerprint density at radius 3 is 2.32 bits per heavy atom. The summed E-state index contributed by atoms with van der Waals surface area (Å²) in [5, 5.41) is 3.53. The van der Waals surface area contributed by atoms with Gasteiger partial charge < -0.3 is 10.2 Å². The van der Waals surface area contributed by atoms with Crippen molar-refractivity contribution >= 4 is 23.4 Å². The Labute approximate surface area is 171 Å². The van der Waals surface area contributed by atoms with Crippen LogP contribution < -0.4 is 5.32 Å². The molecule has 0 radical (unpaired) electrons. The number of benzene rings is 2.